The Balaban J connectivity index is 3.56. The molecule has 14 heavy (non-hydrogen) atoms. The van der Waals surface area contributed by atoms with Crippen LogP contribution in [0.1, 0.15) is 52.4 Å². The fourth-order valence-corrected chi connectivity index (χ4v) is 1.28. The van der Waals surface area contributed by atoms with Gasteiger partial charge in [0, 0.05) is 0 Å². The van der Waals surface area contributed by atoms with Gasteiger partial charge in [-0.3, -0.25) is 0 Å². The lowest BCUT2D eigenvalue weighted by molar-refractivity contribution is 0.193. The fraction of sp³-hybridized carbons (Fsp3) is 0.833. The molecule has 84 valence electrons. The van der Waals surface area contributed by atoms with Crippen molar-refractivity contribution in [2.45, 2.75) is 64.6 Å². The maximum absolute atomic E-state index is 9.46. The molecule has 2 heteroatoms. The molecule has 0 saturated heterocycles. The van der Waals surface area contributed by atoms with Crippen LogP contribution >= 0.6 is 0 Å². The number of hydrogen-bond donors (Lipinski definition) is 2. The summed E-state index contributed by atoms with van der Waals surface area (Å²) in [6.45, 7) is 4.21. The van der Waals surface area contributed by atoms with Crippen molar-refractivity contribution < 1.29 is 10.2 Å². The zero-order valence-corrected chi connectivity index (χ0v) is 9.45. The molecule has 0 aliphatic carbocycles. The Kier molecular flexibility index (Phi) is 9.00. The van der Waals surface area contributed by atoms with Crippen molar-refractivity contribution in [3.63, 3.8) is 0 Å². The van der Waals surface area contributed by atoms with E-state index in [0.29, 0.717) is 0 Å². The molecule has 0 unspecified atom stereocenters. The van der Waals surface area contributed by atoms with Crippen molar-refractivity contribution in [1.82, 2.24) is 0 Å². The molecule has 0 rings (SSSR count). The normalized spacial score (nSPS) is 16.0. The molecule has 0 amide bonds. The third kappa shape index (κ3) is 8.27. The Labute approximate surface area is 87.7 Å². The summed E-state index contributed by atoms with van der Waals surface area (Å²) in [6.07, 6.45) is 8.55. The highest BCUT2D eigenvalue weighted by atomic mass is 16.3. The quantitative estimate of drug-likeness (QED) is 0.591. The van der Waals surface area contributed by atoms with E-state index < -0.39 is 0 Å². The van der Waals surface area contributed by atoms with E-state index in [0.717, 1.165) is 38.5 Å². The summed E-state index contributed by atoms with van der Waals surface area (Å²) in [4.78, 5) is 0. The Morgan fingerprint density at radius 3 is 1.50 bits per heavy atom. The zero-order chi connectivity index (χ0) is 10.8. The molecule has 0 aliphatic heterocycles. The summed E-state index contributed by atoms with van der Waals surface area (Å²) in [5.41, 5.74) is 0. The molecule has 0 aromatic rings. The lowest BCUT2D eigenvalue weighted by Crippen LogP contribution is -2.06. The highest BCUT2D eigenvalue weighted by molar-refractivity contribution is 4.93. The first-order valence-electron chi connectivity index (χ1n) is 5.75. The SMILES string of the molecule is CCCC[C@H](O)/C=C/[C@H](O)CCCC. The van der Waals surface area contributed by atoms with Crippen LogP contribution in [-0.2, 0) is 0 Å². The minimum atomic E-state index is -0.383. The molecule has 0 heterocycles. The Bertz CT molecular complexity index is 127. The van der Waals surface area contributed by atoms with Gasteiger partial charge in [-0.15, -0.1) is 0 Å². The molecule has 2 atom stereocenters. The van der Waals surface area contributed by atoms with E-state index in [9.17, 15) is 10.2 Å². The summed E-state index contributed by atoms with van der Waals surface area (Å²) in [6, 6.07) is 0. The average molecular weight is 200 g/mol. The second kappa shape index (κ2) is 9.22. The number of hydrogen-bond acceptors (Lipinski definition) is 2. The second-order valence-electron chi connectivity index (χ2n) is 3.80. The van der Waals surface area contributed by atoms with Gasteiger partial charge in [0.2, 0.25) is 0 Å². The van der Waals surface area contributed by atoms with Crippen molar-refractivity contribution in [3.8, 4) is 0 Å². The predicted octanol–water partition coefficient (Wildman–Crippen LogP) is 2.64. The molecular weight excluding hydrogens is 176 g/mol. The van der Waals surface area contributed by atoms with Gasteiger partial charge in [-0.1, -0.05) is 51.7 Å². The van der Waals surface area contributed by atoms with Crippen LogP contribution in [0.25, 0.3) is 0 Å². The standard InChI is InChI=1S/C12H24O2/c1-3-5-7-11(13)9-10-12(14)8-6-4-2/h9-14H,3-8H2,1-2H3/b10-9+/t11-,12+. The van der Waals surface area contributed by atoms with Gasteiger partial charge in [0.05, 0.1) is 12.2 Å². The fourth-order valence-electron chi connectivity index (χ4n) is 1.28. The van der Waals surface area contributed by atoms with Crippen molar-refractivity contribution >= 4 is 0 Å². The first-order valence-corrected chi connectivity index (χ1v) is 5.75. The molecule has 0 aromatic carbocycles. The molecule has 0 saturated carbocycles. The van der Waals surface area contributed by atoms with E-state index >= 15 is 0 Å². The molecule has 0 spiro atoms. The molecule has 0 aromatic heterocycles. The van der Waals surface area contributed by atoms with Gasteiger partial charge in [-0.25, -0.2) is 0 Å². The van der Waals surface area contributed by atoms with Crippen LogP contribution in [0.4, 0.5) is 0 Å². The van der Waals surface area contributed by atoms with Crippen molar-refractivity contribution in [2.24, 2.45) is 0 Å². The zero-order valence-electron chi connectivity index (χ0n) is 9.45. The third-order valence-electron chi connectivity index (χ3n) is 2.26. The highest BCUT2D eigenvalue weighted by Gasteiger charge is 2.01. The van der Waals surface area contributed by atoms with Crippen LogP contribution in [0.3, 0.4) is 0 Å². The van der Waals surface area contributed by atoms with E-state index in [2.05, 4.69) is 13.8 Å². The monoisotopic (exact) mass is 200 g/mol. The summed E-state index contributed by atoms with van der Waals surface area (Å²) in [5.74, 6) is 0. The average Bonchev–Trinajstić information content (AvgIpc) is 2.20. The van der Waals surface area contributed by atoms with Crippen molar-refractivity contribution in [2.75, 3.05) is 0 Å². The van der Waals surface area contributed by atoms with Crippen molar-refractivity contribution in [3.05, 3.63) is 12.2 Å². The van der Waals surface area contributed by atoms with Crippen LogP contribution in [-0.4, -0.2) is 22.4 Å². The number of aliphatic hydroxyl groups is 2. The maximum atomic E-state index is 9.46. The van der Waals surface area contributed by atoms with E-state index in [-0.39, 0.29) is 12.2 Å². The van der Waals surface area contributed by atoms with Crippen LogP contribution in [0.5, 0.6) is 0 Å². The van der Waals surface area contributed by atoms with Gasteiger partial charge in [0.1, 0.15) is 0 Å². The van der Waals surface area contributed by atoms with Gasteiger partial charge < -0.3 is 10.2 Å². The first-order chi connectivity index (χ1) is 6.70. The largest absolute Gasteiger partial charge is 0.389 e. The minimum absolute atomic E-state index is 0.383. The van der Waals surface area contributed by atoms with Crippen molar-refractivity contribution in [1.29, 1.82) is 0 Å². The summed E-state index contributed by atoms with van der Waals surface area (Å²) >= 11 is 0. The molecule has 2 N–H and O–H groups in total. The summed E-state index contributed by atoms with van der Waals surface area (Å²) < 4.78 is 0. The summed E-state index contributed by atoms with van der Waals surface area (Å²) in [5, 5.41) is 18.9. The molecule has 0 bridgehead atoms. The Hall–Kier alpha value is -0.340. The molecule has 0 fully saturated rings. The van der Waals surface area contributed by atoms with E-state index in [1.54, 1.807) is 12.2 Å². The van der Waals surface area contributed by atoms with E-state index in [1.165, 1.54) is 0 Å². The van der Waals surface area contributed by atoms with E-state index in [4.69, 9.17) is 0 Å². The minimum Gasteiger partial charge on any atom is -0.389 e. The lowest BCUT2D eigenvalue weighted by atomic mass is 10.1. The smallest absolute Gasteiger partial charge is 0.0721 e. The van der Waals surface area contributed by atoms with Crippen LogP contribution in [0, 0.1) is 0 Å². The Morgan fingerprint density at radius 1 is 0.857 bits per heavy atom. The highest BCUT2D eigenvalue weighted by Crippen LogP contribution is 2.05. The first kappa shape index (κ1) is 13.7. The molecule has 2 nitrogen and oxygen atoms in total. The van der Waals surface area contributed by atoms with E-state index in [1.807, 2.05) is 0 Å². The Morgan fingerprint density at radius 2 is 1.21 bits per heavy atom. The van der Waals surface area contributed by atoms with Gasteiger partial charge >= 0.3 is 0 Å². The predicted molar refractivity (Wildman–Crippen MR) is 60.2 cm³/mol. The molecule has 0 radical (unpaired) electrons. The topological polar surface area (TPSA) is 40.5 Å². The molecule has 0 aliphatic rings. The lowest BCUT2D eigenvalue weighted by Gasteiger charge is -2.06. The van der Waals surface area contributed by atoms with Crippen LogP contribution in [0.2, 0.25) is 0 Å². The molecular formula is C12H24O2. The third-order valence-corrected chi connectivity index (χ3v) is 2.26. The number of aliphatic hydroxyl groups excluding tert-OH is 2. The van der Waals surface area contributed by atoms with Gasteiger partial charge in [0.15, 0.2) is 0 Å². The van der Waals surface area contributed by atoms with Crippen LogP contribution < -0.4 is 0 Å². The van der Waals surface area contributed by atoms with Gasteiger partial charge in [-0.05, 0) is 12.8 Å². The number of unbranched alkanes of at least 4 members (excludes halogenated alkanes) is 2. The van der Waals surface area contributed by atoms with Gasteiger partial charge in [-0.2, -0.15) is 0 Å². The summed E-state index contributed by atoms with van der Waals surface area (Å²) in [7, 11) is 0. The second-order valence-corrected chi connectivity index (χ2v) is 3.80. The number of rotatable bonds is 8. The van der Waals surface area contributed by atoms with Crippen LogP contribution in [0.15, 0.2) is 12.2 Å². The maximum Gasteiger partial charge on any atom is 0.0721 e. The van der Waals surface area contributed by atoms with Gasteiger partial charge in [0.25, 0.3) is 0 Å².